The smallest absolute Gasteiger partial charge is 0.226 e. The third-order valence-corrected chi connectivity index (χ3v) is 8.51. The van der Waals surface area contributed by atoms with E-state index in [0.29, 0.717) is 24.7 Å². The van der Waals surface area contributed by atoms with Crippen LogP contribution >= 0.6 is 11.3 Å². The highest BCUT2D eigenvalue weighted by molar-refractivity contribution is 7.15. The number of hydrogen-bond donors (Lipinski definition) is 3. The topological polar surface area (TPSA) is 101 Å². The third kappa shape index (κ3) is 5.77. The first-order valence-electron chi connectivity index (χ1n) is 12.1. The number of nitrogens with one attached hydrogen (secondary N) is 2. The zero-order valence-electron chi connectivity index (χ0n) is 21.2. The van der Waals surface area contributed by atoms with Gasteiger partial charge in [0.1, 0.15) is 0 Å². The number of amides is 2. The van der Waals surface area contributed by atoms with E-state index in [1.165, 1.54) is 4.88 Å². The van der Waals surface area contributed by atoms with Gasteiger partial charge in [-0.05, 0) is 41.9 Å². The van der Waals surface area contributed by atoms with Crippen molar-refractivity contribution in [2.24, 2.45) is 28.6 Å². The Labute approximate surface area is 202 Å². The first-order valence-corrected chi connectivity index (χ1v) is 12.9. The minimum absolute atomic E-state index is 0.0155. The van der Waals surface area contributed by atoms with Crippen LogP contribution in [0, 0.1) is 28.6 Å². The fraction of sp³-hybridized carbons (Fsp3) is 0.800. The number of carbonyl (C=O) groups is 2. The molecule has 8 heteroatoms. The van der Waals surface area contributed by atoms with Gasteiger partial charge < -0.3 is 20.5 Å². The van der Waals surface area contributed by atoms with Crippen molar-refractivity contribution in [3.05, 3.63) is 10.6 Å². The molecule has 0 bridgehead atoms. The maximum atomic E-state index is 12.7. The van der Waals surface area contributed by atoms with Crippen LogP contribution < -0.4 is 10.6 Å². The van der Waals surface area contributed by atoms with Crippen molar-refractivity contribution in [3.63, 3.8) is 0 Å². The highest BCUT2D eigenvalue weighted by Gasteiger charge is 2.53. The van der Waals surface area contributed by atoms with E-state index in [-0.39, 0.29) is 46.3 Å². The predicted octanol–water partition coefficient (Wildman–Crippen LogP) is 3.97. The van der Waals surface area contributed by atoms with Gasteiger partial charge in [-0.1, -0.05) is 41.5 Å². The summed E-state index contributed by atoms with van der Waals surface area (Å²) < 4.78 is 5.02. The van der Waals surface area contributed by atoms with Gasteiger partial charge in [0.05, 0.1) is 18.4 Å². The van der Waals surface area contributed by atoms with Gasteiger partial charge in [-0.2, -0.15) is 0 Å². The van der Waals surface area contributed by atoms with E-state index >= 15 is 0 Å². The minimum Gasteiger partial charge on any atom is -0.392 e. The number of aromatic nitrogens is 1. The summed E-state index contributed by atoms with van der Waals surface area (Å²) in [6, 6.07) is 0. The van der Waals surface area contributed by atoms with E-state index in [9.17, 15) is 14.7 Å². The lowest BCUT2D eigenvalue weighted by atomic mass is 9.53. The van der Waals surface area contributed by atoms with Crippen molar-refractivity contribution in [3.8, 4) is 0 Å². The van der Waals surface area contributed by atoms with Crippen LogP contribution in [0.3, 0.4) is 0 Å². The Hall–Kier alpha value is -1.51. The van der Waals surface area contributed by atoms with E-state index in [0.717, 1.165) is 25.0 Å². The number of anilines is 1. The Balaban J connectivity index is 1.76. The van der Waals surface area contributed by atoms with Crippen LogP contribution in [0.15, 0.2) is 0 Å². The van der Waals surface area contributed by atoms with Crippen LogP contribution in [-0.2, 0) is 20.7 Å². The first-order chi connectivity index (χ1) is 15.4. The van der Waals surface area contributed by atoms with Crippen molar-refractivity contribution in [2.75, 3.05) is 25.6 Å². The summed E-state index contributed by atoms with van der Waals surface area (Å²) in [6.07, 6.45) is 2.50. The van der Waals surface area contributed by atoms with Crippen LogP contribution in [0.1, 0.15) is 77.3 Å². The molecule has 2 aliphatic carbocycles. The maximum Gasteiger partial charge on any atom is 0.226 e. The van der Waals surface area contributed by atoms with E-state index in [2.05, 4.69) is 24.5 Å². The summed E-state index contributed by atoms with van der Waals surface area (Å²) in [7, 11) is 1.61. The molecule has 1 heterocycles. The number of nitrogens with zero attached hydrogens (tertiary/aromatic N) is 1. The Morgan fingerprint density at radius 1 is 1.36 bits per heavy atom. The molecular formula is C25H41N3O4S. The molecule has 6 atom stereocenters. The fourth-order valence-electron chi connectivity index (χ4n) is 5.88. The lowest BCUT2D eigenvalue weighted by molar-refractivity contribution is -0.135. The van der Waals surface area contributed by atoms with Crippen molar-refractivity contribution in [1.29, 1.82) is 0 Å². The number of rotatable bonds is 7. The standard InChI is InChI=1S/C25H41N3O4S/c1-14(22(31)26-10-11-32-7)16-8-9-25(6)12-17-20(15(2)19(25)21(16)30)28-23(33-17)27-18(29)13-24(3,4)5/h14-16,19,21,30H,8-13H2,1-7H3,(H,26,31)(H,27,28,29)/t14-,15-,16-,19+,21-,25-/m0/s1. The highest BCUT2D eigenvalue weighted by Crippen LogP contribution is 2.57. The number of aliphatic hydroxyl groups excluding tert-OH is 1. The largest absolute Gasteiger partial charge is 0.392 e. The SMILES string of the molecule is COCCNC(=O)[C@@H](C)[C@@H]1CC[C@@]2(C)Cc3sc(NC(=O)CC(C)(C)C)nc3[C@@H](C)[C@@H]2[C@H]1O. The number of aliphatic hydroxyl groups is 1. The molecule has 0 aliphatic heterocycles. The normalized spacial score (nSPS) is 30.2. The van der Waals surface area contributed by atoms with Crippen molar-refractivity contribution < 1.29 is 19.4 Å². The molecule has 186 valence electrons. The molecule has 33 heavy (non-hydrogen) atoms. The van der Waals surface area contributed by atoms with E-state index in [4.69, 9.17) is 9.72 Å². The van der Waals surface area contributed by atoms with Crippen molar-refractivity contribution in [1.82, 2.24) is 10.3 Å². The van der Waals surface area contributed by atoms with Crippen LogP contribution in [0.4, 0.5) is 5.13 Å². The molecule has 0 spiro atoms. The second-order valence-electron chi connectivity index (χ2n) is 11.5. The second-order valence-corrected chi connectivity index (χ2v) is 12.6. The van der Waals surface area contributed by atoms with Crippen molar-refractivity contribution in [2.45, 2.75) is 79.2 Å². The first kappa shape index (κ1) is 26.1. The number of methoxy groups -OCH3 is 1. The maximum absolute atomic E-state index is 12.7. The zero-order valence-corrected chi connectivity index (χ0v) is 22.0. The number of thiazole rings is 1. The molecule has 1 aromatic rings. The summed E-state index contributed by atoms with van der Waals surface area (Å²) in [5, 5.41) is 18.1. The molecule has 3 rings (SSSR count). The monoisotopic (exact) mass is 479 g/mol. The molecular weight excluding hydrogens is 438 g/mol. The molecule has 3 N–H and O–H groups in total. The Bertz CT molecular complexity index is 864. The summed E-state index contributed by atoms with van der Waals surface area (Å²) in [4.78, 5) is 31.1. The third-order valence-electron chi connectivity index (χ3n) is 7.52. The van der Waals surface area contributed by atoms with Crippen LogP contribution in [0.2, 0.25) is 0 Å². The summed E-state index contributed by atoms with van der Waals surface area (Å²) >= 11 is 1.57. The number of ether oxygens (including phenoxy) is 1. The molecule has 1 fully saturated rings. The lowest BCUT2D eigenvalue weighted by Gasteiger charge is -2.53. The Kier molecular flexibility index (Phi) is 7.91. The van der Waals surface area contributed by atoms with E-state index in [1.807, 2.05) is 27.7 Å². The average Bonchev–Trinajstić information content (AvgIpc) is 3.07. The summed E-state index contributed by atoms with van der Waals surface area (Å²) in [5.74, 6) is -0.306. The van der Waals surface area contributed by atoms with Gasteiger partial charge in [-0.3, -0.25) is 9.59 Å². The molecule has 0 radical (unpaired) electrons. The van der Waals surface area contributed by atoms with Gasteiger partial charge in [-0.15, -0.1) is 11.3 Å². The fourth-order valence-corrected chi connectivity index (χ4v) is 7.16. The highest BCUT2D eigenvalue weighted by atomic mass is 32.1. The molecule has 1 saturated carbocycles. The van der Waals surface area contributed by atoms with Gasteiger partial charge in [0.2, 0.25) is 11.8 Å². The molecule has 7 nitrogen and oxygen atoms in total. The second kappa shape index (κ2) is 10.0. The van der Waals surface area contributed by atoms with Crippen LogP contribution in [0.25, 0.3) is 0 Å². The molecule has 1 aromatic heterocycles. The molecule has 0 unspecified atom stereocenters. The van der Waals surface area contributed by atoms with E-state index < -0.39 is 6.10 Å². The van der Waals surface area contributed by atoms with Gasteiger partial charge in [-0.25, -0.2) is 4.98 Å². The molecule has 0 saturated heterocycles. The number of fused-ring (bicyclic) bond motifs is 2. The van der Waals surface area contributed by atoms with E-state index in [1.54, 1.807) is 18.4 Å². The van der Waals surface area contributed by atoms with Gasteiger partial charge >= 0.3 is 0 Å². The van der Waals surface area contributed by atoms with Crippen LogP contribution in [0.5, 0.6) is 0 Å². The van der Waals surface area contributed by atoms with Crippen LogP contribution in [-0.4, -0.2) is 48.3 Å². The molecule has 0 aromatic carbocycles. The number of hydrogen-bond acceptors (Lipinski definition) is 6. The van der Waals surface area contributed by atoms with Gasteiger partial charge in [0.15, 0.2) is 5.13 Å². The van der Waals surface area contributed by atoms with Gasteiger partial charge in [0, 0.05) is 36.8 Å². The summed E-state index contributed by atoms with van der Waals surface area (Å²) in [6.45, 7) is 13.4. The summed E-state index contributed by atoms with van der Waals surface area (Å²) in [5.41, 5.74) is 0.862. The Morgan fingerprint density at radius 3 is 2.70 bits per heavy atom. The van der Waals surface area contributed by atoms with Gasteiger partial charge in [0.25, 0.3) is 0 Å². The minimum atomic E-state index is -0.573. The quantitative estimate of drug-likeness (QED) is 0.514. The number of carbonyl (C=O) groups excluding carboxylic acids is 2. The predicted molar refractivity (Wildman–Crippen MR) is 131 cm³/mol. The molecule has 2 amide bonds. The zero-order chi connectivity index (χ0) is 24.6. The van der Waals surface area contributed by atoms with Crippen molar-refractivity contribution >= 4 is 28.3 Å². The average molecular weight is 480 g/mol. The lowest BCUT2D eigenvalue weighted by Crippen LogP contribution is -2.53. The Morgan fingerprint density at radius 2 is 2.06 bits per heavy atom. The molecule has 2 aliphatic rings.